The normalized spacial score (nSPS) is 12.5. The largest absolute Gasteiger partial charge is 0.491 e. The lowest BCUT2D eigenvalue weighted by Crippen LogP contribution is -2.21. The monoisotopic (exact) mass is 182 g/mol. The molecule has 0 amide bonds. The number of aliphatic hydroxyl groups excluding tert-OH is 2. The second kappa shape index (κ2) is 4.84. The molecular weight excluding hydrogens is 168 g/mol. The van der Waals surface area contributed by atoms with Crippen LogP contribution in [0.2, 0.25) is 0 Å². The van der Waals surface area contributed by atoms with E-state index in [9.17, 15) is 0 Å². The Kier molecular flexibility index (Phi) is 3.73. The smallest absolute Gasteiger partial charge is 0.119 e. The number of benzene rings is 1. The van der Waals surface area contributed by atoms with E-state index in [4.69, 9.17) is 14.9 Å². The average Bonchev–Trinajstić information content (AvgIpc) is 2.16. The van der Waals surface area contributed by atoms with Crippen LogP contribution in [0.4, 0.5) is 0 Å². The van der Waals surface area contributed by atoms with Crippen molar-refractivity contribution in [3.63, 3.8) is 0 Å². The summed E-state index contributed by atoms with van der Waals surface area (Å²) < 4.78 is 5.20. The number of aliphatic hydroxyl groups is 2. The second-order valence-electron chi connectivity index (χ2n) is 2.96. The Morgan fingerprint density at radius 3 is 2.46 bits per heavy atom. The van der Waals surface area contributed by atoms with Gasteiger partial charge in [0.2, 0.25) is 0 Å². The molecule has 0 spiro atoms. The van der Waals surface area contributed by atoms with Crippen molar-refractivity contribution in [3.8, 4) is 5.75 Å². The molecule has 0 aliphatic carbocycles. The van der Waals surface area contributed by atoms with Gasteiger partial charge < -0.3 is 14.9 Å². The molecule has 0 saturated heterocycles. The average molecular weight is 182 g/mol. The summed E-state index contributed by atoms with van der Waals surface area (Å²) in [7, 11) is 0. The van der Waals surface area contributed by atoms with E-state index in [1.54, 1.807) is 0 Å². The highest BCUT2D eigenvalue weighted by Crippen LogP contribution is 2.11. The number of ether oxygens (including phenoxy) is 1. The standard InChI is InChI=1S/C10H14O3/c1-8-2-4-10(5-3-8)13-7-9(12)6-11/h2-5,9,11-12H,6-7H2,1H3/t9-/m0/s1. The summed E-state index contributed by atoms with van der Waals surface area (Å²) >= 11 is 0. The third kappa shape index (κ3) is 3.44. The molecule has 3 heteroatoms. The maximum Gasteiger partial charge on any atom is 0.119 e. The van der Waals surface area contributed by atoms with Crippen molar-refractivity contribution in [1.82, 2.24) is 0 Å². The molecule has 3 nitrogen and oxygen atoms in total. The molecule has 1 rings (SSSR count). The molecule has 1 atom stereocenters. The van der Waals surface area contributed by atoms with Gasteiger partial charge in [-0.2, -0.15) is 0 Å². The first-order valence-electron chi connectivity index (χ1n) is 4.21. The lowest BCUT2D eigenvalue weighted by molar-refractivity contribution is 0.0536. The summed E-state index contributed by atoms with van der Waals surface area (Å²) in [5.41, 5.74) is 1.16. The van der Waals surface area contributed by atoms with Crippen LogP contribution in [-0.4, -0.2) is 29.5 Å². The summed E-state index contributed by atoms with van der Waals surface area (Å²) in [5, 5.41) is 17.5. The fraction of sp³-hybridized carbons (Fsp3) is 0.400. The Morgan fingerprint density at radius 1 is 1.31 bits per heavy atom. The van der Waals surface area contributed by atoms with Crippen LogP contribution in [0.1, 0.15) is 5.56 Å². The SMILES string of the molecule is Cc1ccc(OC[C@@H](O)CO)cc1. The van der Waals surface area contributed by atoms with E-state index in [2.05, 4.69) is 0 Å². The first-order chi connectivity index (χ1) is 6.22. The zero-order valence-electron chi connectivity index (χ0n) is 7.60. The number of hydrogen-bond donors (Lipinski definition) is 2. The molecule has 0 fully saturated rings. The minimum absolute atomic E-state index is 0.125. The zero-order chi connectivity index (χ0) is 9.68. The highest BCUT2D eigenvalue weighted by atomic mass is 16.5. The highest BCUT2D eigenvalue weighted by Gasteiger charge is 2.01. The van der Waals surface area contributed by atoms with E-state index in [1.165, 1.54) is 0 Å². The van der Waals surface area contributed by atoms with Gasteiger partial charge in [-0.15, -0.1) is 0 Å². The molecule has 1 aromatic rings. The van der Waals surface area contributed by atoms with Crippen LogP contribution in [0, 0.1) is 6.92 Å². The van der Waals surface area contributed by atoms with E-state index in [0.717, 1.165) is 5.56 Å². The van der Waals surface area contributed by atoms with Crippen molar-refractivity contribution in [2.45, 2.75) is 13.0 Å². The third-order valence-electron chi connectivity index (χ3n) is 1.67. The third-order valence-corrected chi connectivity index (χ3v) is 1.67. The molecule has 72 valence electrons. The summed E-state index contributed by atoms with van der Waals surface area (Å²) in [5.74, 6) is 0.707. The number of hydrogen-bond acceptors (Lipinski definition) is 3. The Bertz CT molecular complexity index is 243. The van der Waals surface area contributed by atoms with Crippen molar-refractivity contribution in [2.24, 2.45) is 0 Å². The van der Waals surface area contributed by atoms with E-state index < -0.39 is 6.10 Å². The molecule has 2 N–H and O–H groups in total. The van der Waals surface area contributed by atoms with Crippen LogP contribution in [0.3, 0.4) is 0 Å². The predicted molar refractivity (Wildman–Crippen MR) is 49.8 cm³/mol. The Labute approximate surface area is 77.6 Å². The molecule has 13 heavy (non-hydrogen) atoms. The molecule has 1 aromatic carbocycles. The molecule has 0 radical (unpaired) electrons. The molecular formula is C10H14O3. The molecule has 0 aliphatic rings. The zero-order valence-corrected chi connectivity index (χ0v) is 7.60. The second-order valence-corrected chi connectivity index (χ2v) is 2.96. The first kappa shape index (κ1) is 10.0. The van der Waals surface area contributed by atoms with Crippen molar-refractivity contribution < 1.29 is 14.9 Å². The Hall–Kier alpha value is -1.06. The predicted octanol–water partition coefficient (Wildman–Crippen LogP) is 0.727. The van der Waals surface area contributed by atoms with E-state index in [-0.39, 0.29) is 13.2 Å². The summed E-state index contributed by atoms with van der Waals surface area (Å²) in [6, 6.07) is 7.53. The lowest BCUT2D eigenvalue weighted by atomic mass is 10.2. The van der Waals surface area contributed by atoms with Crippen LogP contribution in [0.5, 0.6) is 5.75 Å². The van der Waals surface area contributed by atoms with Crippen molar-refractivity contribution >= 4 is 0 Å². The molecule has 0 heterocycles. The summed E-state index contributed by atoms with van der Waals surface area (Å²) in [6.45, 7) is 1.85. The van der Waals surface area contributed by atoms with E-state index in [0.29, 0.717) is 5.75 Å². The Morgan fingerprint density at radius 2 is 1.92 bits per heavy atom. The first-order valence-corrected chi connectivity index (χ1v) is 4.21. The number of rotatable bonds is 4. The lowest BCUT2D eigenvalue weighted by Gasteiger charge is -2.09. The minimum atomic E-state index is -0.804. The fourth-order valence-electron chi connectivity index (χ4n) is 0.880. The topological polar surface area (TPSA) is 49.7 Å². The Balaban J connectivity index is 2.41. The highest BCUT2D eigenvalue weighted by molar-refractivity contribution is 5.26. The molecule has 0 aliphatic heterocycles. The van der Waals surface area contributed by atoms with Crippen LogP contribution < -0.4 is 4.74 Å². The maximum atomic E-state index is 9.00. The van der Waals surface area contributed by atoms with Gasteiger partial charge in [-0.05, 0) is 19.1 Å². The van der Waals surface area contributed by atoms with E-state index in [1.807, 2.05) is 31.2 Å². The fourth-order valence-corrected chi connectivity index (χ4v) is 0.880. The molecule has 0 unspecified atom stereocenters. The van der Waals surface area contributed by atoms with Gasteiger partial charge in [0.15, 0.2) is 0 Å². The molecule has 0 saturated carbocycles. The quantitative estimate of drug-likeness (QED) is 0.721. The van der Waals surface area contributed by atoms with Crippen LogP contribution in [-0.2, 0) is 0 Å². The van der Waals surface area contributed by atoms with Gasteiger partial charge >= 0.3 is 0 Å². The van der Waals surface area contributed by atoms with Crippen LogP contribution in [0.15, 0.2) is 24.3 Å². The van der Waals surface area contributed by atoms with Crippen molar-refractivity contribution in [3.05, 3.63) is 29.8 Å². The van der Waals surface area contributed by atoms with Crippen molar-refractivity contribution in [1.29, 1.82) is 0 Å². The van der Waals surface area contributed by atoms with Crippen LogP contribution >= 0.6 is 0 Å². The van der Waals surface area contributed by atoms with Crippen LogP contribution in [0.25, 0.3) is 0 Å². The van der Waals surface area contributed by atoms with Gasteiger partial charge in [-0.3, -0.25) is 0 Å². The van der Waals surface area contributed by atoms with Gasteiger partial charge in [-0.1, -0.05) is 17.7 Å². The summed E-state index contributed by atoms with van der Waals surface area (Å²) in [4.78, 5) is 0. The maximum absolute atomic E-state index is 9.00. The van der Waals surface area contributed by atoms with Gasteiger partial charge in [0.1, 0.15) is 18.5 Å². The minimum Gasteiger partial charge on any atom is -0.491 e. The van der Waals surface area contributed by atoms with E-state index >= 15 is 0 Å². The molecule has 0 aromatic heterocycles. The van der Waals surface area contributed by atoms with Gasteiger partial charge in [0.05, 0.1) is 6.61 Å². The van der Waals surface area contributed by atoms with Gasteiger partial charge in [-0.25, -0.2) is 0 Å². The van der Waals surface area contributed by atoms with Crippen molar-refractivity contribution in [2.75, 3.05) is 13.2 Å². The molecule has 0 bridgehead atoms. The van der Waals surface area contributed by atoms with Gasteiger partial charge in [0, 0.05) is 0 Å². The summed E-state index contributed by atoms with van der Waals surface area (Å²) in [6.07, 6.45) is -0.804. The van der Waals surface area contributed by atoms with Gasteiger partial charge in [0.25, 0.3) is 0 Å². The number of aryl methyl sites for hydroxylation is 1.